The Kier molecular flexibility index (Phi) is 5.79. The SMILES string of the molecule is Cc1ccc(Cl)c(O[C@H](C)C(=O)N2C[C@H](C(=O)N(C)C)Oc3ccccc32)c1. The van der Waals surface area contributed by atoms with E-state index < -0.39 is 12.2 Å². The molecular weight excluding hydrogens is 380 g/mol. The van der Waals surface area contributed by atoms with Crippen LogP contribution in [0, 0.1) is 6.92 Å². The lowest BCUT2D eigenvalue weighted by atomic mass is 10.1. The Balaban J connectivity index is 1.86. The fraction of sp³-hybridized carbons (Fsp3) is 0.333. The lowest BCUT2D eigenvalue weighted by molar-refractivity contribution is -0.136. The minimum absolute atomic E-state index is 0.113. The number of fused-ring (bicyclic) bond motifs is 1. The molecule has 6 nitrogen and oxygen atoms in total. The van der Waals surface area contributed by atoms with Crippen molar-refractivity contribution in [1.29, 1.82) is 0 Å². The van der Waals surface area contributed by atoms with Gasteiger partial charge in [0.25, 0.3) is 11.8 Å². The molecule has 1 heterocycles. The summed E-state index contributed by atoms with van der Waals surface area (Å²) in [6.07, 6.45) is -1.57. The van der Waals surface area contributed by atoms with E-state index in [0.717, 1.165) is 5.56 Å². The number of carbonyl (C=O) groups excluding carboxylic acids is 2. The largest absolute Gasteiger partial charge is 0.479 e. The first-order chi connectivity index (χ1) is 13.3. The number of amides is 2. The van der Waals surface area contributed by atoms with Gasteiger partial charge in [-0.25, -0.2) is 0 Å². The first-order valence-corrected chi connectivity index (χ1v) is 9.36. The van der Waals surface area contributed by atoms with Crippen LogP contribution in [0.25, 0.3) is 0 Å². The number of para-hydroxylation sites is 2. The van der Waals surface area contributed by atoms with Crippen LogP contribution in [0.5, 0.6) is 11.5 Å². The van der Waals surface area contributed by atoms with Crippen LogP contribution < -0.4 is 14.4 Å². The van der Waals surface area contributed by atoms with Gasteiger partial charge in [-0.15, -0.1) is 0 Å². The molecular formula is C21H23ClN2O4. The number of rotatable bonds is 4. The molecule has 1 aliphatic rings. The fourth-order valence-corrected chi connectivity index (χ4v) is 3.18. The van der Waals surface area contributed by atoms with Crippen LogP contribution >= 0.6 is 11.6 Å². The molecule has 3 rings (SSSR count). The molecule has 0 bridgehead atoms. The highest BCUT2D eigenvalue weighted by Crippen LogP contribution is 2.34. The van der Waals surface area contributed by atoms with Crippen molar-refractivity contribution in [3.8, 4) is 11.5 Å². The zero-order chi connectivity index (χ0) is 20.4. The number of anilines is 1. The highest BCUT2D eigenvalue weighted by Gasteiger charge is 2.36. The van der Waals surface area contributed by atoms with E-state index in [4.69, 9.17) is 21.1 Å². The van der Waals surface area contributed by atoms with Crippen LogP contribution in [-0.2, 0) is 9.59 Å². The second kappa shape index (κ2) is 8.10. The van der Waals surface area contributed by atoms with Crippen LogP contribution in [-0.4, -0.2) is 49.6 Å². The lowest BCUT2D eigenvalue weighted by Crippen LogP contribution is -2.52. The predicted molar refractivity (Wildman–Crippen MR) is 108 cm³/mol. The van der Waals surface area contributed by atoms with Gasteiger partial charge in [0.15, 0.2) is 12.2 Å². The Bertz CT molecular complexity index is 900. The van der Waals surface area contributed by atoms with Gasteiger partial charge in [0.1, 0.15) is 11.5 Å². The minimum Gasteiger partial charge on any atom is -0.479 e. The van der Waals surface area contributed by atoms with Crippen LogP contribution in [0.2, 0.25) is 5.02 Å². The van der Waals surface area contributed by atoms with Crippen molar-refractivity contribution in [2.45, 2.75) is 26.1 Å². The molecule has 0 aliphatic carbocycles. The standard InChI is InChI=1S/C21H23ClN2O4/c1-13-9-10-15(22)18(11-13)27-14(2)20(25)24-12-19(21(26)23(3)4)28-17-8-6-5-7-16(17)24/h5-11,14,19H,12H2,1-4H3/t14-,19-/m1/s1. The first-order valence-electron chi connectivity index (χ1n) is 8.99. The molecule has 0 radical (unpaired) electrons. The van der Waals surface area contributed by atoms with Gasteiger partial charge in [-0.05, 0) is 43.7 Å². The van der Waals surface area contributed by atoms with Gasteiger partial charge >= 0.3 is 0 Å². The van der Waals surface area contributed by atoms with Gasteiger partial charge in [0.05, 0.1) is 17.3 Å². The van der Waals surface area contributed by atoms with Crippen molar-refractivity contribution in [3.63, 3.8) is 0 Å². The van der Waals surface area contributed by atoms with Crippen LogP contribution in [0.4, 0.5) is 5.69 Å². The molecule has 1 aliphatic heterocycles. The molecule has 0 aromatic heterocycles. The van der Waals surface area contributed by atoms with E-state index in [-0.39, 0.29) is 18.4 Å². The number of nitrogens with zero attached hydrogens (tertiary/aromatic N) is 2. The summed E-state index contributed by atoms with van der Waals surface area (Å²) in [6.45, 7) is 3.70. The average Bonchev–Trinajstić information content (AvgIpc) is 2.68. The van der Waals surface area contributed by atoms with Crippen molar-refractivity contribution >= 4 is 29.1 Å². The Labute approximate surface area is 169 Å². The maximum absolute atomic E-state index is 13.2. The summed E-state index contributed by atoms with van der Waals surface area (Å²) in [5.41, 5.74) is 1.59. The quantitative estimate of drug-likeness (QED) is 0.787. The molecule has 2 aromatic rings. The molecule has 0 spiro atoms. The van der Waals surface area contributed by atoms with Crippen molar-refractivity contribution in [1.82, 2.24) is 4.90 Å². The fourth-order valence-electron chi connectivity index (χ4n) is 3.02. The number of aryl methyl sites for hydroxylation is 1. The summed E-state index contributed by atoms with van der Waals surface area (Å²) in [5, 5.41) is 0.438. The predicted octanol–water partition coefficient (Wildman–Crippen LogP) is 3.30. The smallest absolute Gasteiger partial charge is 0.268 e. The summed E-state index contributed by atoms with van der Waals surface area (Å²) in [5.74, 6) is 0.459. The van der Waals surface area contributed by atoms with Crippen molar-refractivity contribution in [3.05, 3.63) is 53.1 Å². The van der Waals surface area contributed by atoms with Crippen molar-refractivity contribution < 1.29 is 19.1 Å². The Morgan fingerprint density at radius 2 is 1.96 bits per heavy atom. The monoisotopic (exact) mass is 402 g/mol. The highest BCUT2D eigenvalue weighted by atomic mass is 35.5. The second-order valence-electron chi connectivity index (χ2n) is 6.95. The van der Waals surface area contributed by atoms with Crippen molar-refractivity contribution in [2.75, 3.05) is 25.5 Å². The number of hydrogen-bond acceptors (Lipinski definition) is 4. The minimum atomic E-state index is -0.791. The zero-order valence-electron chi connectivity index (χ0n) is 16.3. The zero-order valence-corrected chi connectivity index (χ0v) is 17.1. The summed E-state index contributed by atoms with van der Waals surface area (Å²) in [6, 6.07) is 12.5. The summed E-state index contributed by atoms with van der Waals surface area (Å²) < 4.78 is 11.7. The Morgan fingerprint density at radius 1 is 1.25 bits per heavy atom. The molecule has 28 heavy (non-hydrogen) atoms. The number of hydrogen-bond donors (Lipinski definition) is 0. The van der Waals surface area contributed by atoms with Gasteiger partial charge in [0.2, 0.25) is 0 Å². The number of carbonyl (C=O) groups is 2. The number of benzene rings is 2. The van der Waals surface area contributed by atoms with E-state index >= 15 is 0 Å². The third-order valence-corrected chi connectivity index (χ3v) is 4.81. The van der Waals surface area contributed by atoms with Crippen LogP contribution in [0.3, 0.4) is 0 Å². The van der Waals surface area contributed by atoms with E-state index in [1.807, 2.05) is 19.1 Å². The summed E-state index contributed by atoms with van der Waals surface area (Å²) in [4.78, 5) is 28.6. The van der Waals surface area contributed by atoms with Gasteiger partial charge in [-0.2, -0.15) is 0 Å². The maximum atomic E-state index is 13.2. The van der Waals surface area contributed by atoms with E-state index in [1.54, 1.807) is 56.3 Å². The molecule has 2 amide bonds. The van der Waals surface area contributed by atoms with Crippen LogP contribution in [0.15, 0.2) is 42.5 Å². The molecule has 2 atom stereocenters. The maximum Gasteiger partial charge on any atom is 0.268 e. The molecule has 0 saturated carbocycles. The van der Waals surface area contributed by atoms with Gasteiger partial charge < -0.3 is 19.3 Å². The molecule has 0 unspecified atom stereocenters. The van der Waals surface area contributed by atoms with E-state index in [0.29, 0.717) is 22.2 Å². The normalized spacial score (nSPS) is 16.6. The third kappa shape index (κ3) is 4.07. The molecule has 0 N–H and O–H groups in total. The first kappa shape index (κ1) is 20.0. The number of ether oxygens (including phenoxy) is 2. The van der Waals surface area contributed by atoms with E-state index in [2.05, 4.69) is 0 Å². The van der Waals surface area contributed by atoms with Gasteiger partial charge in [-0.3, -0.25) is 9.59 Å². The van der Waals surface area contributed by atoms with E-state index in [1.165, 1.54) is 4.90 Å². The Hall–Kier alpha value is -2.73. The molecule has 0 saturated heterocycles. The van der Waals surface area contributed by atoms with Gasteiger partial charge in [-0.1, -0.05) is 29.8 Å². The average molecular weight is 403 g/mol. The summed E-state index contributed by atoms with van der Waals surface area (Å²) in [7, 11) is 3.31. The van der Waals surface area contributed by atoms with Gasteiger partial charge in [0, 0.05) is 14.1 Å². The molecule has 148 valence electrons. The molecule has 2 aromatic carbocycles. The Morgan fingerprint density at radius 3 is 2.68 bits per heavy atom. The second-order valence-corrected chi connectivity index (χ2v) is 7.36. The number of halogens is 1. The van der Waals surface area contributed by atoms with E-state index in [9.17, 15) is 9.59 Å². The van der Waals surface area contributed by atoms with Crippen LogP contribution in [0.1, 0.15) is 12.5 Å². The molecule has 0 fully saturated rings. The third-order valence-electron chi connectivity index (χ3n) is 4.49. The lowest BCUT2D eigenvalue weighted by Gasteiger charge is -2.36. The topological polar surface area (TPSA) is 59.1 Å². The molecule has 7 heteroatoms. The van der Waals surface area contributed by atoms with Crippen molar-refractivity contribution in [2.24, 2.45) is 0 Å². The summed E-state index contributed by atoms with van der Waals surface area (Å²) >= 11 is 6.19. The highest BCUT2D eigenvalue weighted by molar-refractivity contribution is 6.32. The number of likely N-dealkylation sites (N-methyl/N-ethyl adjacent to an activating group) is 1.